The number of hydrogen-bond donors (Lipinski definition) is 0. The fourth-order valence-electron chi connectivity index (χ4n) is 3.09. The van der Waals surface area contributed by atoms with Crippen LogP contribution in [0.4, 0.5) is 5.69 Å². The number of ether oxygens (including phenoxy) is 3. The van der Waals surface area contributed by atoms with E-state index in [0.29, 0.717) is 22.7 Å². The molecule has 146 valence electrons. The molecular formula is C21H21NO6. The lowest BCUT2D eigenvalue weighted by Crippen LogP contribution is -2.27. The van der Waals surface area contributed by atoms with Crippen molar-refractivity contribution in [2.45, 2.75) is 13.3 Å². The SMILES string of the molecule is COC(=O)c1ccc(OC(=O)[C@H]2CC(=O)N(c3cc(C)ccc3OC)C2)cc1. The number of aryl methyl sites for hydroxylation is 1. The summed E-state index contributed by atoms with van der Waals surface area (Å²) in [6.07, 6.45) is 0.0656. The number of benzene rings is 2. The molecule has 0 bridgehead atoms. The first-order chi connectivity index (χ1) is 13.4. The topological polar surface area (TPSA) is 82.1 Å². The quantitative estimate of drug-likeness (QED) is 0.583. The predicted molar refractivity (Wildman–Crippen MR) is 102 cm³/mol. The van der Waals surface area contributed by atoms with Crippen LogP contribution in [0.5, 0.6) is 11.5 Å². The van der Waals surface area contributed by atoms with E-state index in [1.54, 1.807) is 18.1 Å². The van der Waals surface area contributed by atoms with Crippen LogP contribution in [0, 0.1) is 12.8 Å². The zero-order chi connectivity index (χ0) is 20.3. The molecule has 0 spiro atoms. The molecule has 2 aromatic carbocycles. The highest BCUT2D eigenvalue weighted by Crippen LogP contribution is 2.34. The van der Waals surface area contributed by atoms with Gasteiger partial charge < -0.3 is 19.1 Å². The molecule has 0 radical (unpaired) electrons. The molecule has 1 saturated heterocycles. The van der Waals surface area contributed by atoms with E-state index in [1.807, 2.05) is 19.1 Å². The predicted octanol–water partition coefficient (Wildman–Crippen LogP) is 2.75. The van der Waals surface area contributed by atoms with Gasteiger partial charge >= 0.3 is 11.9 Å². The zero-order valence-electron chi connectivity index (χ0n) is 15.9. The Labute approximate surface area is 162 Å². The summed E-state index contributed by atoms with van der Waals surface area (Å²) in [5, 5.41) is 0. The molecule has 1 amide bonds. The number of nitrogens with zero attached hydrogens (tertiary/aromatic N) is 1. The Kier molecular flexibility index (Phi) is 5.63. The van der Waals surface area contributed by atoms with Gasteiger partial charge in [0, 0.05) is 13.0 Å². The van der Waals surface area contributed by atoms with Crippen molar-refractivity contribution in [3.05, 3.63) is 53.6 Å². The van der Waals surface area contributed by atoms with Crippen molar-refractivity contribution in [3.8, 4) is 11.5 Å². The normalized spacial score (nSPS) is 16.0. The number of rotatable bonds is 5. The monoisotopic (exact) mass is 383 g/mol. The van der Waals surface area contributed by atoms with Crippen molar-refractivity contribution < 1.29 is 28.6 Å². The molecule has 1 heterocycles. The van der Waals surface area contributed by atoms with Crippen molar-refractivity contribution in [2.75, 3.05) is 25.7 Å². The summed E-state index contributed by atoms with van der Waals surface area (Å²) in [6, 6.07) is 11.6. The van der Waals surface area contributed by atoms with E-state index in [2.05, 4.69) is 4.74 Å². The molecule has 3 rings (SSSR count). The fraction of sp³-hybridized carbons (Fsp3) is 0.286. The molecule has 0 N–H and O–H groups in total. The van der Waals surface area contributed by atoms with Gasteiger partial charge in [-0.15, -0.1) is 0 Å². The number of carbonyl (C=O) groups is 3. The van der Waals surface area contributed by atoms with Crippen molar-refractivity contribution in [2.24, 2.45) is 5.92 Å². The van der Waals surface area contributed by atoms with Crippen LogP contribution in [0.15, 0.2) is 42.5 Å². The van der Waals surface area contributed by atoms with Crippen LogP contribution in [-0.4, -0.2) is 38.6 Å². The highest BCUT2D eigenvalue weighted by atomic mass is 16.5. The Bertz CT molecular complexity index is 906. The number of amides is 1. The minimum atomic E-state index is -0.585. The van der Waals surface area contributed by atoms with Gasteiger partial charge in [-0.05, 0) is 48.9 Å². The molecule has 28 heavy (non-hydrogen) atoms. The lowest BCUT2D eigenvalue weighted by Gasteiger charge is -2.20. The van der Waals surface area contributed by atoms with Gasteiger partial charge in [0.1, 0.15) is 11.5 Å². The second-order valence-corrected chi connectivity index (χ2v) is 6.52. The van der Waals surface area contributed by atoms with E-state index >= 15 is 0 Å². The van der Waals surface area contributed by atoms with Crippen molar-refractivity contribution in [1.29, 1.82) is 0 Å². The van der Waals surface area contributed by atoms with E-state index in [9.17, 15) is 14.4 Å². The second kappa shape index (κ2) is 8.12. The Morgan fingerprint density at radius 3 is 2.43 bits per heavy atom. The third kappa shape index (κ3) is 3.98. The van der Waals surface area contributed by atoms with E-state index in [0.717, 1.165) is 5.56 Å². The largest absolute Gasteiger partial charge is 0.495 e. The average Bonchev–Trinajstić information content (AvgIpc) is 3.09. The maximum atomic E-state index is 12.5. The van der Waals surface area contributed by atoms with Gasteiger partial charge in [0.15, 0.2) is 0 Å². The summed E-state index contributed by atoms with van der Waals surface area (Å²) in [5.41, 5.74) is 1.99. The Morgan fingerprint density at radius 2 is 1.79 bits per heavy atom. The van der Waals surface area contributed by atoms with Crippen molar-refractivity contribution in [1.82, 2.24) is 0 Å². The number of esters is 2. The van der Waals surface area contributed by atoms with Crippen LogP contribution in [-0.2, 0) is 14.3 Å². The van der Waals surface area contributed by atoms with Gasteiger partial charge in [-0.25, -0.2) is 4.79 Å². The van der Waals surface area contributed by atoms with Gasteiger partial charge in [0.2, 0.25) is 5.91 Å². The van der Waals surface area contributed by atoms with Crippen molar-refractivity contribution in [3.63, 3.8) is 0 Å². The molecule has 0 aliphatic carbocycles. The van der Waals surface area contributed by atoms with Gasteiger partial charge in [-0.3, -0.25) is 9.59 Å². The molecule has 1 fully saturated rings. The summed E-state index contributed by atoms with van der Waals surface area (Å²) >= 11 is 0. The molecule has 7 nitrogen and oxygen atoms in total. The average molecular weight is 383 g/mol. The second-order valence-electron chi connectivity index (χ2n) is 6.52. The van der Waals surface area contributed by atoms with Crippen molar-refractivity contribution >= 4 is 23.5 Å². The summed E-state index contributed by atoms with van der Waals surface area (Å²) in [7, 11) is 2.83. The first-order valence-corrected chi connectivity index (χ1v) is 8.78. The van der Waals surface area contributed by atoms with Gasteiger partial charge in [-0.2, -0.15) is 0 Å². The number of anilines is 1. The van der Waals surface area contributed by atoms with Gasteiger partial charge in [0.25, 0.3) is 0 Å². The third-order valence-corrected chi connectivity index (χ3v) is 4.58. The molecule has 1 atom stereocenters. The first kappa shape index (κ1) is 19.4. The molecule has 0 saturated carbocycles. The Balaban J connectivity index is 1.70. The lowest BCUT2D eigenvalue weighted by molar-refractivity contribution is -0.139. The molecule has 0 unspecified atom stereocenters. The summed E-state index contributed by atoms with van der Waals surface area (Å²) in [4.78, 5) is 38.0. The lowest BCUT2D eigenvalue weighted by atomic mass is 10.1. The Morgan fingerprint density at radius 1 is 1.07 bits per heavy atom. The van der Waals surface area contributed by atoms with Crippen LogP contribution in [0.2, 0.25) is 0 Å². The number of hydrogen-bond acceptors (Lipinski definition) is 6. The third-order valence-electron chi connectivity index (χ3n) is 4.58. The molecular weight excluding hydrogens is 362 g/mol. The maximum absolute atomic E-state index is 12.5. The smallest absolute Gasteiger partial charge is 0.337 e. The van der Waals surface area contributed by atoms with E-state index < -0.39 is 17.9 Å². The molecule has 7 heteroatoms. The first-order valence-electron chi connectivity index (χ1n) is 8.78. The van der Waals surface area contributed by atoms with Gasteiger partial charge in [0.05, 0.1) is 31.4 Å². The zero-order valence-corrected chi connectivity index (χ0v) is 15.9. The van der Waals surface area contributed by atoms with E-state index in [4.69, 9.17) is 9.47 Å². The molecule has 1 aliphatic rings. The summed E-state index contributed by atoms with van der Waals surface area (Å²) in [5.74, 6) is -0.830. The van der Waals surface area contributed by atoms with Crippen LogP contribution in [0.1, 0.15) is 22.3 Å². The Hall–Kier alpha value is -3.35. The fourth-order valence-corrected chi connectivity index (χ4v) is 3.09. The minimum Gasteiger partial charge on any atom is -0.495 e. The van der Waals surface area contributed by atoms with Crippen LogP contribution >= 0.6 is 0 Å². The summed E-state index contributed by atoms with van der Waals surface area (Å²) in [6.45, 7) is 2.14. The standard InChI is InChI=1S/C21H21NO6/c1-13-4-9-18(26-2)17(10-13)22-12-15(11-19(22)23)21(25)28-16-7-5-14(6-8-16)20(24)27-3/h4-10,15H,11-12H2,1-3H3/t15-/m0/s1. The highest BCUT2D eigenvalue weighted by molar-refractivity contribution is 6.01. The number of carbonyl (C=O) groups excluding carboxylic acids is 3. The molecule has 1 aliphatic heterocycles. The summed E-state index contributed by atoms with van der Waals surface area (Å²) < 4.78 is 15.4. The minimum absolute atomic E-state index is 0.0656. The molecule has 0 aromatic heterocycles. The van der Waals surface area contributed by atoms with Crippen LogP contribution in [0.3, 0.4) is 0 Å². The van der Waals surface area contributed by atoms with Gasteiger partial charge in [-0.1, -0.05) is 6.07 Å². The van der Waals surface area contributed by atoms with E-state index in [1.165, 1.54) is 31.4 Å². The highest BCUT2D eigenvalue weighted by Gasteiger charge is 2.37. The maximum Gasteiger partial charge on any atom is 0.337 e. The van der Waals surface area contributed by atoms with Crippen LogP contribution < -0.4 is 14.4 Å². The number of methoxy groups -OCH3 is 2. The molecule has 2 aromatic rings. The van der Waals surface area contributed by atoms with Crippen LogP contribution in [0.25, 0.3) is 0 Å². The van der Waals surface area contributed by atoms with E-state index in [-0.39, 0.29) is 18.9 Å².